The van der Waals surface area contributed by atoms with Crippen LogP contribution in [-0.2, 0) is 6.42 Å². The van der Waals surface area contributed by atoms with Gasteiger partial charge in [0.05, 0.1) is 12.4 Å². The van der Waals surface area contributed by atoms with Crippen LogP contribution in [0.1, 0.15) is 22.7 Å². The first-order valence-corrected chi connectivity index (χ1v) is 14.5. The summed E-state index contributed by atoms with van der Waals surface area (Å²) in [5.74, 6) is 1.64. The molecule has 6 nitrogen and oxygen atoms in total. The van der Waals surface area contributed by atoms with E-state index in [1.807, 2.05) is 30.6 Å². The fourth-order valence-electron chi connectivity index (χ4n) is 5.27. The summed E-state index contributed by atoms with van der Waals surface area (Å²) in [4.78, 5) is 15.0. The van der Waals surface area contributed by atoms with E-state index in [9.17, 15) is 5.11 Å². The number of imidazole rings is 1. The van der Waals surface area contributed by atoms with Gasteiger partial charge in [-0.15, -0.1) is 11.3 Å². The second kappa shape index (κ2) is 10.9. The molecule has 41 heavy (non-hydrogen) atoms. The molecule has 0 aliphatic rings. The number of thiophene rings is 1. The van der Waals surface area contributed by atoms with Crippen molar-refractivity contribution in [2.45, 2.75) is 12.5 Å². The van der Waals surface area contributed by atoms with Crippen molar-refractivity contribution in [1.82, 2.24) is 19.5 Å². The smallest absolute Gasteiger partial charge is 0.167 e. The molecule has 3 heterocycles. The van der Waals surface area contributed by atoms with E-state index < -0.39 is 0 Å². The van der Waals surface area contributed by atoms with Crippen LogP contribution in [0.15, 0.2) is 121 Å². The lowest BCUT2D eigenvalue weighted by atomic mass is 9.98. The fourth-order valence-corrected chi connectivity index (χ4v) is 6.21. The van der Waals surface area contributed by atoms with E-state index in [4.69, 9.17) is 15.0 Å². The molecule has 200 valence electrons. The average Bonchev–Trinajstić information content (AvgIpc) is 3.64. The molecule has 0 unspecified atom stereocenters. The van der Waals surface area contributed by atoms with Crippen LogP contribution < -0.4 is 5.32 Å². The first kappa shape index (κ1) is 25.0. The molecule has 0 bridgehead atoms. The van der Waals surface area contributed by atoms with Gasteiger partial charge < -0.3 is 15.0 Å². The van der Waals surface area contributed by atoms with Gasteiger partial charge in [-0.2, -0.15) is 0 Å². The number of aromatic nitrogens is 4. The summed E-state index contributed by atoms with van der Waals surface area (Å²) in [5.41, 5.74) is 5.95. The van der Waals surface area contributed by atoms with Crippen molar-refractivity contribution < 1.29 is 5.11 Å². The summed E-state index contributed by atoms with van der Waals surface area (Å²) in [6, 6.07) is 36.5. The summed E-state index contributed by atoms with van der Waals surface area (Å²) < 4.78 is 3.36. The first-order chi connectivity index (χ1) is 20.2. The second-order valence-corrected chi connectivity index (χ2v) is 10.8. The zero-order valence-electron chi connectivity index (χ0n) is 22.2. The zero-order valence-corrected chi connectivity index (χ0v) is 23.0. The molecule has 4 aromatic carbocycles. The predicted octanol–water partition coefficient (Wildman–Crippen LogP) is 7.71. The molecule has 0 radical (unpaired) electrons. The number of fused-ring (bicyclic) bond motifs is 2. The molecule has 3 aromatic heterocycles. The van der Waals surface area contributed by atoms with Crippen LogP contribution in [0.3, 0.4) is 0 Å². The molecule has 2 N–H and O–H groups in total. The molecular weight excluding hydrogens is 526 g/mol. The number of aromatic hydroxyl groups is 1. The van der Waals surface area contributed by atoms with Gasteiger partial charge in [-0.3, -0.25) is 0 Å². The van der Waals surface area contributed by atoms with Gasteiger partial charge in [-0.05, 0) is 41.3 Å². The molecule has 0 saturated heterocycles. The molecule has 0 atom stereocenters. The first-order valence-electron chi connectivity index (χ1n) is 13.6. The summed E-state index contributed by atoms with van der Waals surface area (Å²) in [6.45, 7) is 0.661. The molecule has 0 fully saturated rings. The number of hydrogen-bond acceptors (Lipinski definition) is 6. The van der Waals surface area contributed by atoms with Crippen molar-refractivity contribution in [3.63, 3.8) is 0 Å². The van der Waals surface area contributed by atoms with E-state index in [0.29, 0.717) is 18.2 Å². The molecule has 0 aliphatic carbocycles. The number of phenols is 1. The van der Waals surface area contributed by atoms with Gasteiger partial charge in [0.25, 0.3) is 0 Å². The highest BCUT2D eigenvalue weighted by Crippen LogP contribution is 2.36. The standard InChI is InChI=1S/C34H27N5OS/c40-26-17-15-23(16-18-26)19-20-35-33-30-34(38-32(37-33)28-21-41-29-14-8-7-13-27(28)29)39(22-36-30)31(24-9-3-1-4-10-24)25-11-5-2-6-12-25/h1-18,21-22,31,40H,19-20H2,(H,35,37,38). The van der Waals surface area contributed by atoms with Crippen LogP contribution in [0, 0.1) is 0 Å². The number of benzene rings is 4. The van der Waals surface area contributed by atoms with Gasteiger partial charge in [0.15, 0.2) is 22.8 Å². The second-order valence-electron chi connectivity index (χ2n) is 9.93. The molecule has 0 saturated carbocycles. The van der Waals surface area contributed by atoms with Gasteiger partial charge in [0.1, 0.15) is 5.75 Å². The van der Waals surface area contributed by atoms with Crippen molar-refractivity contribution in [2.75, 3.05) is 11.9 Å². The third-order valence-corrected chi connectivity index (χ3v) is 8.26. The minimum absolute atomic E-state index is 0.103. The summed E-state index contributed by atoms with van der Waals surface area (Å²) in [6.07, 6.45) is 2.66. The lowest BCUT2D eigenvalue weighted by molar-refractivity contribution is 0.475. The highest BCUT2D eigenvalue weighted by Gasteiger charge is 2.23. The van der Waals surface area contributed by atoms with Crippen LogP contribution >= 0.6 is 11.3 Å². The zero-order chi connectivity index (χ0) is 27.6. The minimum atomic E-state index is -0.103. The Morgan fingerprint density at radius 3 is 2.20 bits per heavy atom. The molecule has 0 spiro atoms. The minimum Gasteiger partial charge on any atom is -0.508 e. The van der Waals surface area contributed by atoms with Crippen LogP contribution in [0.2, 0.25) is 0 Å². The van der Waals surface area contributed by atoms with E-state index in [1.165, 1.54) is 4.70 Å². The van der Waals surface area contributed by atoms with E-state index >= 15 is 0 Å². The lowest BCUT2D eigenvalue weighted by Gasteiger charge is -2.20. The largest absolute Gasteiger partial charge is 0.508 e. The van der Waals surface area contributed by atoms with E-state index in [1.54, 1.807) is 23.5 Å². The Hall–Kier alpha value is -5.01. The maximum absolute atomic E-state index is 9.64. The number of anilines is 1. The maximum atomic E-state index is 9.64. The van der Waals surface area contributed by atoms with Crippen LogP contribution in [0.4, 0.5) is 5.82 Å². The Kier molecular flexibility index (Phi) is 6.62. The fraction of sp³-hybridized carbons (Fsp3) is 0.0882. The van der Waals surface area contributed by atoms with Gasteiger partial charge in [-0.25, -0.2) is 15.0 Å². The maximum Gasteiger partial charge on any atom is 0.167 e. The molecule has 7 rings (SSSR count). The topological polar surface area (TPSA) is 75.9 Å². The summed E-state index contributed by atoms with van der Waals surface area (Å²) >= 11 is 1.70. The Balaban J connectivity index is 1.37. The third kappa shape index (κ3) is 4.92. The van der Waals surface area contributed by atoms with Crippen molar-refractivity contribution in [2.24, 2.45) is 0 Å². The number of rotatable bonds is 8. The normalized spacial score (nSPS) is 11.4. The third-order valence-electron chi connectivity index (χ3n) is 7.29. The van der Waals surface area contributed by atoms with Crippen molar-refractivity contribution in [1.29, 1.82) is 0 Å². The van der Waals surface area contributed by atoms with Gasteiger partial charge in [0, 0.05) is 27.6 Å². The Morgan fingerprint density at radius 1 is 0.780 bits per heavy atom. The van der Waals surface area contributed by atoms with Crippen LogP contribution in [-0.4, -0.2) is 31.2 Å². The Labute approximate surface area is 241 Å². The summed E-state index contributed by atoms with van der Waals surface area (Å²) in [5, 5.41) is 16.5. The molecule has 7 heteroatoms. The average molecular weight is 554 g/mol. The van der Waals surface area contributed by atoms with E-state index in [2.05, 4.69) is 88.1 Å². The summed E-state index contributed by atoms with van der Waals surface area (Å²) in [7, 11) is 0. The molecule has 0 amide bonds. The Morgan fingerprint density at radius 2 is 1.46 bits per heavy atom. The van der Waals surface area contributed by atoms with Crippen LogP contribution in [0.25, 0.3) is 32.6 Å². The molecule has 0 aliphatic heterocycles. The number of phenolic OH excluding ortho intramolecular Hbond substituents is 1. The highest BCUT2D eigenvalue weighted by atomic mass is 32.1. The van der Waals surface area contributed by atoms with E-state index in [-0.39, 0.29) is 11.8 Å². The van der Waals surface area contributed by atoms with Gasteiger partial charge >= 0.3 is 0 Å². The van der Waals surface area contributed by atoms with Gasteiger partial charge in [0.2, 0.25) is 0 Å². The van der Waals surface area contributed by atoms with Crippen molar-refractivity contribution in [3.05, 3.63) is 138 Å². The lowest BCUT2D eigenvalue weighted by Crippen LogP contribution is -2.13. The number of nitrogens with zero attached hydrogens (tertiary/aromatic N) is 4. The van der Waals surface area contributed by atoms with Gasteiger partial charge in [-0.1, -0.05) is 91.0 Å². The Bertz CT molecular complexity index is 1890. The molecular formula is C34H27N5OS. The number of nitrogens with one attached hydrogen (secondary N) is 1. The quantitative estimate of drug-likeness (QED) is 0.202. The monoisotopic (exact) mass is 553 g/mol. The number of hydrogen-bond donors (Lipinski definition) is 2. The highest BCUT2D eigenvalue weighted by molar-refractivity contribution is 7.17. The molecule has 7 aromatic rings. The van der Waals surface area contributed by atoms with E-state index in [0.717, 1.165) is 45.2 Å². The predicted molar refractivity (Wildman–Crippen MR) is 167 cm³/mol. The van der Waals surface area contributed by atoms with Crippen LogP contribution in [0.5, 0.6) is 5.75 Å². The van der Waals surface area contributed by atoms with Crippen molar-refractivity contribution in [3.8, 4) is 17.1 Å². The SMILES string of the molecule is Oc1ccc(CCNc2nc(-c3csc4ccccc34)nc3c2ncn3C(c2ccccc2)c2ccccc2)cc1. The van der Waals surface area contributed by atoms with Crippen molar-refractivity contribution >= 4 is 38.4 Å².